The first-order valence-corrected chi connectivity index (χ1v) is 13.2. The summed E-state index contributed by atoms with van der Waals surface area (Å²) in [5.74, 6) is -0.300. The molecule has 1 unspecified atom stereocenters. The molecule has 0 radical (unpaired) electrons. The third kappa shape index (κ3) is 5.37. The van der Waals surface area contributed by atoms with E-state index in [-0.39, 0.29) is 27.7 Å². The molecule has 34 heavy (non-hydrogen) atoms. The van der Waals surface area contributed by atoms with Crippen molar-refractivity contribution in [1.82, 2.24) is 9.99 Å². The van der Waals surface area contributed by atoms with Crippen molar-refractivity contribution in [3.05, 3.63) is 78.0 Å². The number of hydrogen-bond acceptors (Lipinski definition) is 8. The minimum atomic E-state index is -3.30. The summed E-state index contributed by atoms with van der Waals surface area (Å²) in [5, 5.41) is 8.45. The molecule has 2 amide bonds. The fourth-order valence-corrected chi connectivity index (χ4v) is 4.92. The van der Waals surface area contributed by atoms with Crippen LogP contribution in [0.3, 0.4) is 0 Å². The van der Waals surface area contributed by atoms with E-state index in [1.807, 2.05) is 6.92 Å². The monoisotopic (exact) mass is 498 g/mol. The fourth-order valence-electron chi connectivity index (χ4n) is 3.35. The van der Waals surface area contributed by atoms with Crippen LogP contribution in [0.5, 0.6) is 0 Å². The van der Waals surface area contributed by atoms with Gasteiger partial charge in [0.05, 0.1) is 28.6 Å². The van der Waals surface area contributed by atoms with Gasteiger partial charge in [-0.05, 0) is 41.8 Å². The lowest BCUT2D eigenvalue weighted by Crippen LogP contribution is -2.34. The molecule has 1 atom stereocenters. The SMILES string of the molecule is CCC1SC(=O)N(Cc2ccc(NC(=O)c3cnco3)cc2)N=C1c1ccc(S(C)(=O)=O)cc1. The quantitative estimate of drug-likeness (QED) is 0.518. The van der Waals surface area contributed by atoms with Crippen molar-refractivity contribution in [2.24, 2.45) is 5.10 Å². The number of sulfone groups is 1. The molecule has 0 aliphatic carbocycles. The predicted octanol–water partition coefficient (Wildman–Crippen LogP) is 4.18. The first-order valence-electron chi connectivity index (χ1n) is 10.4. The van der Waals surface area contributed by atoms with Crippen molar-refractivity contribution in [2.75, 3.05) is 11.6 Å². The van der Waals surface area contributed by atoms with Crippen LogP contribution in [0.4, 0.5) is 10.5 Å². The van der Waals surface area contributed by atoms with Crippen LogP contribution < -0.4 is 5.32 Å². The highest BCUT2D eigenvalue weighted by Gasteiger charge is 2.30. The summed E-state index contributed by atoms with van der Waals surface area (Å²) in [6, 6.07) is 13.6. The van der Waals surface area contributed by atoms with E-state index in [0.29, 0.717) is 12.1 Å². The average molecular weight is 499 g/mol. The van der Waals surface area contributed by atoms with Gasteiger partial charge >= 0.3 is 5.24 Å². The highest BCUT2D eigenvalue weighted by molar-refractivity contribution is 8.14. The number of nitrogens with one attached hydrogen (secondary N) is 1. The number of nitrogens with zero attached hydrogens (tertiary/aromatic N) is 3. The van der Waals surface area contributed by atoms with E-state index in [4.69, 9.17) is 4.42 Å². The van der Waals surface area contributed by atoms with Gasteiger partial charge in [-0.15, -0.1) is 0 Å². The molecule has 2 heterocycles. The molecular formula is C23H22N4O5S2. The molecule has 0 saturated heterocycles. The Morgan fingerprint density at radius 2 is 1.85 bits per heavy atom. The second kappa shape index (κ2) is 9.82. The Hall–Kier alpha value is -3.44. The van der Waals surface area contributed by atoms with Gasteiger partial charge in [0, 0.05) is 11.9 Å². The van der Waals surface area contributed by atoms with Crippen molar-refractivity contribution in [1.29, 1.82) is 0 Å². The van der Waals surface area contributed by atoms with E-state index in [1.165, 1.54) is 29.4 Å². The number of carbonyl (C=O) groups is 2. The number of rotatable bonds is 7. The van der Waals surface area contributed by atoms with Crippen LogP contribution in [0.2, 0.25) is 0 Å². The Bertz CT molecular complexity index is 1320. The van der Waals surface area contributed by atoms with Crippen LogP contribution >= 0.6 is 11.8 Å². The number of amides is 2. The number of aromatic nitrogens is 1. The molecule has 0 fully saturated rings. The molecule has 1 aliphatic rings. The van der Waals surface area contributed by atoms with Gasteiger partial charge in [0.1, 0.15) is 0 Å². The zero-order valence-electron chi connectivity index (χ0n) is 18.5. The summed E-state index contributed by atoms with van der Waals surface area (Å²) in [6.07, 6.45) is 4.38. The summed E-state index contributed by atoms with van der Waals surface area (Å²) in [5.41, 5.74) is 2.90. The molecule has 0 saturated carbocycles. The molecule has 0 bridgehead atoms. The first-order chi connectivity index (χ1) is 16.2. The number of benzene rings is 2. The van der Waals surface area contributed by atoms with Crippen LogP contribution in [-0.2, 0) is 16.4 Å². The lowest BCUT2D eigenvalue weighted by atomic mass is 10.1. The molecule has 3 aromatic rings. The van der Waals surface area contributed by atoms with Crippen molar-refractivity contribution < 1.29 is 22.4 Å². The smallest absolute Gasteiger partial charge is 0.302 e. The second-order valence-electron chi connectivity index (χ2n) is 7.64. The van der Waals surface area contributed by atoms with Crippen LogP contribution in [0.15, 0.2) is 75.5 Å². The number of anilines is 1. The Labute approximate surface area is 201 Å². The summed E-state index contributed by atoms with van der Waals surface area (Å²) >= 11 is 1.20. The topological polar surface area (TPSA) is 122 Å². The Kier molecular flexibility index (Phi) is 6.85. The van der Waals surface area contributed by atoms with E-state index in [1.54, 1.807) is 48.5 Å². The number of oxazole rings is 1. The van der Waals surface area contributed by atoms with Crippen LogP contribution in [0.1, 0.15) is 35.0 Å². The standard InChI is InChI=1S/C23H22N4O5S2/c1-3-20-21(16-6-10-18(11-7-16)34(2,30)31)26-27(23(29)33-20)13-15-4-8-17(9-5-15)25-22(28)19-12-24-14-32-19/h4-12,14,20H,3,13H2,1-2H3,(H,25,28). The van der Waals surface area contributed by atoms with E-state index in [2.05, 4.69) is 15.4 Å². The van der Waals surface area contributed by atoms with E-state index in [0.717, 1.165) is 23.1 Å². The number of thioether (sulfide) groups is 1. The van der Waals surface area contributed by atoms with E-state index >= 15 is 0 Å². The van der Waals surface area contributed by atoms with Crippen LogP contribution in [0, 0.1) is 0 Å². The molecule has 0 spiro atoms. The largest absolute Gasteiger partial charge is 0.438 e. The Morgan fingerprint density at radius 1 is 1.15 bits per heavy atom. The van der Waals surface area contributed by atoms with Crippen molar-refractivity contribution in [3.63, 3.8) is 0 Å². The van der Waals surface area contributed by atoms with Gasteiger partial charge in [-0.3, -0.25) is 9.59 Å². The van der Waals surface area contributed by atoms with Crippen molar-refractivity contribution >= 4 is 44.1 Å². The van der Waals surface area contributed by atoms with Gasteiger partial charge in [-0.2, -0.15) is 5.10 Å². The molecule has 176 valence electrons. The predicted molar refractivity (Wildman–Crippen MR) is 130 cm³/mol. The first kappa shape index (κ1) is 23.7. The van der Waals surface area contributed by atoms with E-state index in [9.17, 15) is 18.0 Å². The summed E-state index contributed by atoms with van der Waals surface area (Å²) in [6.45, 7) is 2.23. The maximum absolute atomic E-state index is 12.7. The molecule has 1 N–H and O–H groups in total. The summed E-state index contributed by atoms with van der Waals surface area (Å²) in [4.78, 5) is 28.7. The molecular weight excluding hydrogens is 476 g/mol. The minimum Gasteiger partial charge on any atom is -0.438 e. The highest BCUT2D eigenvalue weighted by atomic mass is 32.2. The highest BCUT2D eigenvalue weighted by Crippen LogP contribution is 2.30. The lowest BCUT2D eigenvalue weighted by molar-refractivity contribution is 0.0996. The molecule has 4 rings (SSSR count). The maximum atomic E-state index is 12.7. The average Bonchev–Trinajstić information content (AvgIpc) is 3.36. The van der Waals surface area contributed by atoms with Crippen molar-refractivity contribution in [2.45, 2.75) is 30.0 Å². The minimum absolute atomic E-state index is 0.108. The number of hydrazone groups is 1. The van der Waals surface area contributed by atoms with Crippen molar-refractivity contribution in [3.8, 4) is 0 Å². The van der Waals surface area contributed by atoms with E-state index < -0.39 is 15.7 Å². The van der Waals surface area contributed by atoms with Crippen LogP contribution in [-0.4, -0.2) is 46.8 Å². The Morgan fingerprint density at radius 3 is 2.44 bits per heavy atom. The zero-order chi connectivity index (χ0) is 24.3. The molecule has 1 aliphatic heterocycles. The summed E-state index contributed by atoms with van der Waals surface area (Å²) in [7, 11) is -3.30. The lowest BCUT2D eigenvalue weighted by Gasteiger charge is -2.28. The molecule has 1 aromatic heterocycles. The Balaban J connectivity index is 1.51. The third-order valence-corrected chi connectivity index (χ3v) is 7.52. The number of hydrogen-bond donors (Lipinski definition) is 1. The second-order valence-corrected chi connectivity index (χ2v) is 10.8. The van der Waals surface area contributed by atoms with Gasteiger partial charge < -0.3 is 9.73 Å². The number of carbonyl (C=O) groups excluding carboxylic acids is 2. The normalized spacial score (nSPS) is 16.3. The van der Waals surface area contributed by atoms with Gasteiger partial charge in [0.2, 0.25) is 5.76 Å². The maximum Gasteiger partial charge on any atom is 0.302 e. The fraction of sp³-hybridized carbons (Fsp3) is 0.217. The van der Waals surface area contributed by atoms with Gasteiger partial charge in [-0.1, -0.05) is 43.0 Å². The molecule has 11 heteroatoms. The van der Waals surface area contributed by atoms with Gasteiger partial charge in [0.25, 0.3) is 5.91 Å². The molecule has 9 nitrogen and oxygen atoms in total. The van der Waals surface area contributed by atoms with Gasteiger partial charge in [-0.25, -0.2) is 18.4 Å². The summed E-state index contributed by atoms with van der Waals surface area (Å²) < 4.78 is 28.5. The third-order valence-electron chi connectivity index (χ3n) is 5.14. The molecule has 2 aromatic carbocycles. The van der Waals surface area contributed by atoms with Crippen LogP contribution in [0.25, 0.3) is 0 Å². The van der Waals surface area contributed by atoms with Gasteiger partial charge in [0.15, 0.2) is 16.2 Å². The zero-order valence-corrected chi connectivity index (χ0v) is 20.1.